The number of aryl methyl sites for hydroxylation is 1. The van der Waals surface area contributed by atoms with Crippen LogP contribution in [-0.4, -0.2) is 6.54 Å². The minimum absolute atomic E-state index is 0.378. The molecule has 0 amide bonds. The fraction of sp³-hybridized carbons (Fsp3) is 0.500. The van der Waals surface area contributed by atoms with Gasteiger partial charge in [-0.05, 0) is 49.6 Å². The predicted molar refractivity (Wildman–Crippen MR) is 65.8 cm³/mol. The summed E-state index contributed by atoms with van der Waals surface area (Å²) in [4.78, 5) is 0. The van der Waals surface area contributed by atoms with E-state index in [9.17, 15) is 0 Å². The fourth-order valence-corrected chi connectivity index (χ4v) is 2.64. The number of rotatable bonds is 1. The van der Waals surface area contributed by atoms with Crippen molar-refractivity contribution in [3.8, 4) is 0 Å². The van der Waals surface area contributed by atoms with E-state index in [0.717, 1.165) is 34.1 Å². The van der Waals surface area contributed by atoms with E-state index >= 15 is 0 Å². The number of benzene rings is 1. The molecular weight excluding hydrogens is 229 g/mol. The lowest BCUT2D eigenvalue weighted by atomic mass is 9.96. The van der Waals surface area contributed by atoms with Crippen LogP contribution in [0.1, 0.15) is 36.4 Å². The largest absolute Gasteiger partial charge is 0.310 e. The third-order valence-electron chi connectivity index (χ3n) is 2.93. The van der Waals surface area contributed by atoms with Crippen molar-refractivity contribution in [2.24, 2.45) is 0 Å². The van der Waals surface area contributed by atoms with E-state index in [1.807, 2.05) is 19.1 Å². The molecule has 0 radical (unpaired) electrons. The minimum Gasteiger partial charge on any atom is -0.310 e. The van der Waals surface area contributed by atoms with Crippen molar-refractivity contribution < 1.29 is 0 Å². The zero-order valence-corrected chi connectivity index (χ0v) is 10.3. The molecule has 1 atom stereocenters. The van der Waals surface area contributed by atoms with E-state index in [1.165, 1.54) is 12.8 Å². The first-order valence-electron chi connectivity index (χ1n) is 5.37. The maximum Gasteiger partial charge on any atom is 0.0484 e. The van der Waals surface area contributed by atoms with Gasteiger partial charge in [-0.1, -0.05) is 29.6 Å². The Morgan fingerprint density at radius 2 is 2.07 bits per heavy atom. The fourth-order valence-electron chi connectivity index (χ4n) is 2.12. The number of halogens is 2. The molecule has 1 N–H and O–H groups in total. The summed E-state index contributed by atoms with van der Waals surface area (Å²) in [6, 6.07) is 4.28. The molecule has 0 aliphatic carbocycles. The van der Waals surface area contributed by atoms with Gasteiger partial charge in [0.2, 0.25) is 0 Å². The molecule has 0 unspecified atom stereocenters. The number of hydrogen-bond acceptors (Lipinski definition) is 1. The van der Waals surface area contributed by atoms with E-state index in [4.69, 9.17) is 23.2 Å². The van der Waals surface area contributed by atoms with Crippen LogP contribution >= 0.6 is 23.2 Å². The van der Waals surface area contributed by atoms with Crippen LogP contribution in [0.5, 0.6) is 0 Å². The van der Waals surface area contributed by atoms with Gasteiger partial charge in [-0.2, -0.15) is 0 Å². The topological polar surface area (TPSA) is 12.0 Å². The van der Waals surface area contributed by atoms with Gasteiger partial charge in [-0.25, -0.2) is 0 Å². The van der Waals surface area contributed by atoms with Crippen molar-refractivity contribution >= 4 is 23.2 Å². The molecule has 15 heavy (non-hydrogen) atoms. The second kappa shape index (κ2) is 4.73. The standard InChI is InChI=1S/C12H15Cl2N/c1-8-6-9(13)7-10(12(8)14)11-4-2-3-5-15-11/h6-7,11,15H,2-5H2,1H3/t11-/m0/s1. The molecule has 1 aliphatic heterocycles. The van der Waals surface area contributed by atoms with Crippen LogP contribution in [0.25, 0.3) is 0 Å². The number of hydrogen-bond donors (Lipinski definition) is 1. The molecule has 1 aliphatic rings. The highest BCUT2D eigenvalue weighted by atomic mass is 35.5. The molecule has 1 aromatic carbocycles. The van der Waals surface area contributed by atoms with Crippen molar-refractivity contribution in [2.75, 3.05) is 6.54 Å². The molecule has 1 fully saturated rings. The Kier molecular flexibility index (Phi) is 3.55. The van der Waals surface area contributed by atoms with Crippen molar-refractivity contribution in [2.45, 2.75) is 32.2 Å². The highest BCUT2D eigenvalue weighted by Crippen LogP contribution is 2.33. The second-order valence-corrected chi connectivity index (χ2v) is 4.94. The first kappa shape index (κ1) is 11.3. The molecule has 82 valence electrons. The average molecular weight is 244 g/mol. The third kappa shape index (κ3) is 2.47. The predicted octanol–water partition coefficient (Wildman–Crippen LogP) is 4.12. The summed E-state index contributed by atoms with van der Waals surface area (Å²) < 4.78 is 0. The van der Waals surface area contributed by atoms with Crippen LogP contribution in [-0.2, 0) is 0 Å². The van der Waals surface area contributed by atoms with Crippen molar-refractivity contribution in [1.82, 2.24) is 5.32 Å². The van der Waals surface area contributed by atoms with Crippen molar-refractivity contribution in [1.29, 1.82) is 0 Å². The molecule has 1 heterocycles. The monoisotopic (exact) mass is 243 g/mol. The molecule has 3 heteroatoms. The summed E-state index contributed by atoms with van der Waals surface area (Å²) >= 11 is 12.4. The zero-order valence-electron chi connectivity index (χ0n) is 8.82. The summed E-state index contributed by atoms with van der Waals surface area (Å²) in [5.41, 5.74) is 2.22. The molecule has 2 rings (SSSR count). The summed E-state index contributed by atoms with van der Waals surface area (Å²) in [6.45, 7) is 3.08. The Bertz CT molecular complexity index is 357. The summed E-state index contributed by atoms with van der Waals surface area (Å²) in [6.07, 6.45) is 3.67. The molecule has 0 spiro atoms. The van der Waals surface area contributed by atoms with Gasteiger partial charge in [0.15, 0.2) is 0 Å². The Morgan fingerprint density at radius 3 is 2.73 bits per heavy atom. The first-order chi connectivity index (χ1) is 7.18. The second-order valence-electron chi connectivity index (χ2n) is 4.13. The lowest BCUT2D eigenvalue weighted by Gasteiger charge is -2.25. The minimum atomic E-state index is 0.378. The Morgan fingerprint density at radius 1 is 1.27 bits per heavy atom. The quantitative estimate of drug-likeness (QED) is 0.783. The molecule has 1 saturated heterocycles. The zero-order chi connectivity index (χ0) is 10.8. The molecule has 1 aromatic rings. The Labute approximate surface area is 101 Å². The molecular formula is C12H15Cl2N. The van der Waals surface area contributed by atoms with Crippen LogP contribution in [0.3, 0.4) is 0 Å². The van der Waals surface area contributed by atoms with E-state index < -0.39 is 0 Å². The van der Waals surface area contributed by atoms with E-state index in [-0.39, 0.29) is 0 Å². The van der Waals surface area contributed by atoms with Gasteiger partial charge >= 0.3 is 0 Å². The average Bonchev–Trinajstić information content (AvgIpc) is 2.24. The van der Waals surface area contributed by atoms with E-state index in [1.54, 1.807) is 0 Å². The van der Waals surface area contributed by atoms with Gasteiger partial charge in [0.25, 0.3) is 0 Å². The van der Waals surface area contributed by atoms with Crippen molar-refractivity contribution in [3.05, 3.63) is 33.3 Å². The molecule has 1 nitrogen and oxygen atoms in total. The van der Waals surface area contributed by atoms with Crippen LogP contribution in [0.2, 0.25) is 10.0 Å². The molecule has 0 aromatic heterocycles. The van der Waals surface area contributed by atoms with E-state index in [2.05, 4.69) is 5.32 Å². The Balaban J connectivity index is 2.33. The number of piperidine rings is 1. The first-order valence-corrected chi connectivity index (χ1v) is 6.13. The van der Waals surface area contributed by atoms with Gasteiger partial charge in [0.1, 0.15) is 0 Å². The van der Waals surface area contributed by atoms with Gasteiger partial charge in [0.05, 0.1) is 0 Å². The molecule has 0 bridgehead atoms. The summed E-state index contributed by atoms with van der Waals surface area (Å²) in [5.74, 6) is 0. The lowest BCUT2D eigenvalue weighted by molar-refractivity contribution is 0.412. The third-order valence-corrected chi connectivity index (χ3v) is 3.67. The maximum absolute atomic E-state index is 6.30. The van der Waals surface area contributed by atoms with Crippen molar-refractivity contribution in [3.63, 3.8) is 0 Å². The summed E-state index contributed by atoms with van der Waals surface area (Å²) in [7, 11) is 0. The maximum atomic E-state index is 6.30. The number of nitrogens with one attached hydrogen (secondary N) is 1. The SMILES string of the molecule is Cc1cc(Cl)cc([C@@H]2CCCCN2)c1Cl. The van der Waals surface area contributed by atoms with Gasteiger partial charge in [-0.15, -0.1) is 0 Å². The van der Waals surface area contributed by atoms with Crippen LogP contribution in [0, 0.1) is 6.92 Å². The molecule has 0 saturated carbocycles. The van der Waals surface area contributed by atoms with E-state index in [0.29, 0.717) is 6.04 Å². The van der Waals surface area contributed by atoms with Gasteiger partial charge in [-0.3, -0.25) is 0 Å². The van der Waals surface area contributed by atoms with Gasteiger partial charge < -0.3 is 5.32 Å². The van der Waals surface area contributed by atoms with Crippen LogP contribution < -0.4 is 5.32 Å². The normalized spacial score (nSPS) is 21.7. The van der Waals surface area contributed by atoms with Crippen LogP contribution in [0.4, 0.5) is 0 Å². The highest BCUT2D eigenvalue weighted by Gasteiger charge is 2.18. The lowest BCUT2D eigenvalue weighted by Crippen LogP contribution is -2.27. The van der Waals surface area contributed by atoms with Crippen LogP contribution in [0.15, 0.2) is 12.1 Å². The van der Waals surface area contributed by atoms with Gasteiger partial charge in [0, 0.05) is 16.1 Å². The smallest absolute Gasteiger partial charge is 0.0484 e. The highest BCUT2D eigenvalue weighted by molar-refractivity contribution is 6.34. The summed E-state index contributed by atoms with van der Waals surface area (Å²) in [5, 5.41) is 5.12. The Hall–Kier alpha value is -0.240.